The molecular formula is C17H26FNO2. The van der Waals surface area contributed by atoms with E-state index in [1.807, 2.05) is 13.0 Å². The molecule has 0 spiro atoms. The first-order valence-electron chi connectivity index (χ1n) is 7.78. The van der Waals surface area contributed by atoms with Crippen LogP contribution in [0.15, 0.2) is 18.2 Å². The first-order chi connectivity index (χ1) is 10.1. The summed E-state index contributed by atoms with van der Waals surface area (Å²) in [6, 6.07) is 5.11. The summed E-state index contributed by atoms with van der Waals surface area (Å²) in [4.78, 5) is 0. The van der Waals surface area contributed by atoms with E-state index in [-0.39, 0.29) is 29.6 Å². The van der Waals surface area contributed by atoms with Gasteiger partial charge >= 0.3 is 0 Å². The second-order valence-corrected chi connectivity index (χ2v) is 6.22. The van der Waals surface area contributed by atoms with Gasteiger partial charge in [-0.3, -0.25) is 0 Å². The molecule has 1 unspecified atom stereocenters. The van der Waals surface area contributed by atoms with E-state index in [0.29, 0.717) is 0 Å². The summed E-state index contributed by atoms with van der Waals surface area (Å²) in [5, 5.41) is 13.2. The fourth-order valence-electron chi connectivity index (χ4n) is 3.13. The van der Waals surface area contributed by atoms with Gasteiger partial charge in [0, 0.05) is 24.6 Å². The van der Waals surface area contributed by atoms with Crippen molar-refractivity contribution in [1.82, 2.24) is 5.32 Å². The lowest BCUT2D eigenvalue weighted by Gasteiger charge is -2.36. The van der Waals surface area contributed by atoms with Crippen molar-refractivity contribution in [3.63, 3.8) is 0 Å². The number of hydrogen-bond donors (Lipinski definition) is 2. The Labute approximate surface area is 126 Å². The highest BCUT2D eigenvalue weighted by Crippen LogP contribution is 2.35. The predicted molar refractivity (Wildman–Crippen MR) is 82.0 cm³/mol. The number of halogens is 1. The van der Waals surface area contributed by atoms with Crippen LogP contribution < -0.4 is 10.1 Å². The summed E-state index contributed by atoms with van der Waals surface area (Å²) in [6.45, 7) is 3.02. The third-order valence-electron chi connectivity index (χ3n) is 4.71. The molecule has 0 bridgehead atoms. The Balaban J connectivity index is 1.97. The molecule has 0 amide bonds. The molecule has 0 heterocycles. The molecule has 2 N–H and O–H groups in total. The highest BCUT2D eigenvalue weighted by Gasteiger charge is 2.31. The lowest BCUT2D eigenvalue weighted by Crippen LogP contribution is -2.40. The average molecular weight is 295 g/mol. The van der Waals surface area contributed by atoms with Crippen molar-refractivity contribution in [2.75, 3.05) is 20.3 Å². The maximum atomic E-state index is 13.8. The number of nitrogens with one attached hydrogen (secondary N) is 1. The Hall–Kier alpha value is -1.13. The van der Waals surface area contributed by atoms with Gasteiger partial charge in [-0.25, -0.2) is 4.39 Å². The molecular weight excluding hydrogens is 269 g/mol. The number of aliphatic hydroxyl groups excluding tert-OH is 1. The molecule has 0 saturated heterocycles. The van der Waals surface area contributed by atoms with E-state index in [2.05, 4.69) is 5.32 Å². The molecule has 21 heavy (non-hydrogen) atoms. The van der Waals surface area contributed by atoms with Gasteiger partial charge in [0.25, 0.3) is 0 Å². The minimum Gasteiger partial charge on any atom is -0.494 e. The van der Waals surface area contributed by atoms with Gasteiger partial charge in [0.2, 0.25) is 0 Å². The van der Waals surface area contributed by atoms with E-state index in [1.54, 1.807) is 6.07 Å². The van der Waals surface area contributed by atoms with E-state index >= 15 is 0 Å². The maximum absolute atomic E-state index is 13.8. The van der Waals surface area contributed by atoms with Crippen LogP contribution >= 0.6 is 0 Å². The molecule has 1 aromatic carbocycles. The fraction of sp³-hybridized carbons (Fsp3) is 0.647. The summed E-state index contributed by atoms with van der Waals surface area (Å²) in [5.41, 5.74) is 0.898. The van der Waals surface area contributed by atoms with E-state index < -0.39 is 0 Å². The molecule has 1 fully saturated rings. The van der Waals surface area contributed by atoms with Crippen molar-refractivity contribution in [2.45, 2.75) is 45.1 Å². The van der Waals surface area contributed by atoms with Crippen LogP contribution in [0, 0.1) is 11.2 Å². The molecule has 1 saturated carbocycles. The maximum Gasteiger partial charge on any atom is 0.165 e. The standard InChI is InChI=1S/C17H26FNO2/c1-13(14-6-7-16(21-2)15(18)10-14)19-11-17(12-20)8-4-3-5-9-17/h6-7,10,13,19-20H,3-5,8-9,11-12H2,1-2H3. The van der Waals surface area contributed by atoms with Crippen LogP contribution in [0.2, 0.25) is 0 Å². The zero-order chi connectivity index (χ0) is 15.3. The molecule has 1 aliphatic carbocycles. The third-order valence-corrected chi connectivity index (χ3v) is 4.71. The van der Waals surface area contributed by atoms with Crippen molar-refractivity contribution in [2.24, 2.45) is 5.41 Å². The number of rotatable bonds is 6. The number of hydrogen-bond acceptors (Lipinski definition) is 3. The molecule has 118 valence electrons. The Bertz CT molecular complexity index is 458. The van der Waals surface area contributed by atoms with Gasteiger partial charge in [-0.05, 0) is 37.5 Å². The van der Waals surface area contributed by atoms with Crippen LogP contribution in [0.25, 0.3) is 0 Å². The molecule has 0 radical (unpaired) electrons. The van der Waals surface area contributed by atoms with E-state index in [0.717, 1.165) is 24.9 Å². The molecule has 1 aliphatic rings. The number of methoxy groups -OCH3 is 1. The van der Waals surface area contributed by atoms with Gasteiger partial charge in [0.1, 0.15) is 0 Å². The number of benzene rings is 1. The second-order valence-electron chi connectivity index (χ2n) is 6.22. The van der Waals surface area contributed by atoms with Crippen molar-refractivity contribution < 1.29 is 14.2 Å². The SMILES string of the molecule is COc1ccc(C(C)NCC2(CO)CCCCC2)cc1F. The molecule has 1 aromatic rings. The summed E-state index contributed by atoms with van der Waals surface area (Å²) in [5.74, 6) is -0.0664. The zero-order valence-electron chi connectivity index (χ0n) is 13.0. The van der Waals surface area contributed by atoms with Gasteiger partial charge in [-0.2, -0.15) is 0 Å². The summed E-state index contributed by atoms with van der Waals surface area (Å²) >= 11 is 0. The van der Waals surface area contributed by atoms with Crippen molar-refractivity contribution in [3.8, 4) is 5.75 Å². The third kappa shape index (κ3) is 3.95. The van der Waals surface area contributed by atoms with Gasteiger partial charge in [-0.1, -0.05) is 25.3 Å². The molecule has 4 heteroatoms. The number of aliphatic hydroxyl groups is 1. The van der Waals surface area contributed by atoms with E-state index in [4.69, 9.17) is 4.74 Å². The van der Waals surface area contributed by atoms with E-state index in [1.165, 1.54) is 32.4 Å². The Morgan fingerprint density at radius 2 is 2.05 bits per heavy atom. The van der Waals surface area contributed by atoms with Crippen molar-refractivity contribution in [3.05, 3.63) is 29.6 Å². The Kier molecular flexibility index (Phi) is 5.59. The summed E-state index contributed by atoms with van der Waals surface area (Å²) < 4.78 is 18.7. The molecule has 0 aliphatic heterocycles. The topological polar surface area (TPSA) is 41.5 Å². The first kappa shape index (κ1) is 16.2. The van der Waals surface area contributed by atoms with Crippen LogP contribution in [-0.2, 0) is 0 Å². The second kappa shape index (κ2) is 7.23. The first-order valence-corrected chi connectivity index (χ1v) is 7.78. The van der Waals surface area contributed by atoms with Crippen LogP contribution in [-0.4, -0.2) is 25.4 Å². The normalized spacial score (nSPS) is 19.2. The van der Waals surface area contributed by atoms with E-state index in [9.17, 15) is 9.50 Å². The highest BCUT2D eigenvalue weighted by molar-refractivity contribution is 5.30. The van der Waals surface area contributed by atoms with Crippen LogP contribution in [0.1, 0.15) is 50.6 Å². The predicted octanol–water partition coefficient (Wildman–Crippen LogP) is 3.43. The Morgan fingerprint density at radius 3 is 2.62 bits per heavy atom. The minimum atomic E-state index is -0.335. The van der Waals surface area contributed by atoms with Crippen molar-refractivity contribution in [1.29, 1.82) is 0 Å². The molecule has 1 atom stereocenters. The van der Waals surface area contributed by atoms with Crippen molar-refractivity contribution >= 4 is 0 Å². The van der Waals surface area contributed by atoms with Gasteiger partial charge < -0.3 is 15.2 Å². The largest absolute Gasteiger partial charge is 0.494 e. The van der Waals surface area contributed by atoms with Gasteiger partial charge in [-0.15, -0.1) is 0 Å². The smallest absolute Gasteiger partial charge is 0.165 e. The van der Waals surface area contributed by atoms with Crippen LogP contribution in [0.5, 0.6) is 5.75 Å². The molecule has 3 nitrogen and oxygen atoms in total. The van der Waals surface area contributed by atoms with Crippen LogP contribution in [0.4, 0.5) is 4.39 Å². The van der Waals surface area contributed by atoms with Crippen LogP contribution in [0.3, 0.4) is 0 Å². The molecule has 0 aromatic heterocycles. The highest BCUT2D eigenvalue weighted by atomic mass is 19.1. The quantitative estimate of drug-likeness (QED) is 0.845. The van der Waals surface area contributed by atoms with Gasteiger partial charge in [0.15, 0.2) is 11.6 Å². The summed E-state index contributed by atoms with van der Waals surface area (Å²) in [7, 11) is 1.47. The minimum absolute atomic E-state index is 0.00246. The Morgan fingerprint density at radius 1 is 1.33 bits per heavy atom. The average Bonchev–Trinajstić information content (AvgIpc) is 2.53. The monoisotopic (exact) mass is 295 g/mol. The number of ether oxygens (including phenoxy) is 1. The van der Waals surface area contributed by atoms with Gasteiger partial charge in [0.05, 0.1) is 7.11 Å². The fourth-order valence-corrected chi connectivity index (χ4v) is 3.13. The zero-order valence-corrected chi connectivity index (χ0v) is 13.0. The lowest BCUT2D eigenvalue weighted by molar-refractivity contribution is 0.0788. The summed E-state index contributed by atoms with van der Waals surface area (Å²) in [6.07, 6.45) is 5.78. The lowest BCUT2D eigenvalue weighted by atomic mass is 9.74. The molecule has 2 rings (SSSR count).